The lowest BCUT2D eigenvalue weighted by Gasteiger charge is -2.63. The molecule has 0 radical (unpaired) electrons. The summed E-state index contributed by atoms with van der Waals surface area (Å²) in [6, 6.07) is 0. The first-order chi connectivity index (χ1) is 12.7. The number of nitrogens with zero attached hydrogens (tertiary/aromatic N) is 1. The Morgan fingerprint density at radius 1 is 1.04 bits per heavy atom. The summed E-state index contributed by atoms with van der Waals surface area (Å²) in [5.41, 5.74) is -10.2. The highest BCUT2D eigenvalue weighted by Gasteiger charge is 2.79. The molecule has 0 aromatic heterocycles. The molecule has 1 saturated heterocycles. The van der Waals surface area contributed by atoms with Crippen molar-refractivity contribution in [2.24, 2.45) is 23.2 Å². The van der Waals surface area contributed by atoms with Crippen LogP contribution in [0.2, 0.25) is 0 Å². The van der Waals surface area contributed by atoms with Gasteiger partial charge in [0, 0.05) is 6.54 Å². The van der Waals surface area contributed by atoms with Gasteiger partial charge in [-0.05, 0) is 24.7 Å². The number of carboxylic acids is 2. The summed E-state index contributed by atoms with van der Waals surface area (Å²) in [7, 11) is 0. The number of carbonyl (C=O) groups is 2. The zero-order valence-corrected chi connectivity index (χ0v) is 16.1. The lowest BCUT2D eigenvalue weighted by atomic mass is 9.53. The molecule has 1 aliphatic rings. The topological polar surface area (TPSA) is 118 Å². The highest BCUT2D eigenvalue weighted by atomic mass is 19.3. The van der Waals surface area contributed by atoms with Gasteiger partial charge in [0.05, 0.1) is 0 Å². The van der Waals surface area contributed by atoms with Gasteiger partial charge in [-0.15, -0.1) is 0 Å². The van der Waals surface area contributed by atoms with Crippen LogP contribution in [0.25, 0.3) is 0 Å². The third-order valence-electron chi connectivity index (χ3n) is 5.87. The van der Waals surface area contributed by atoms with Gasteiger partial charge in [-0.2, -0.15) is 0 Å². The fourth-order valence-electron chi connectivity index (χ4n) is 4.78. The first-order valence-electron chi connectivity index (χ1n) is 8.95. The third-order valence-corrected chi connectivity index (χ3v) is 5.87. The molecule has 1 aliphatic heterocycles. The molecule has 11 heteroatoms. The monoisotopic (exact) mass is 417 g/mol. The van der Waals surface area contributed by atoms with Gasteiger partial charge in [-0.3, -0.25) is 9.59 Å². The Labute approximate surface area is 159 Å². The normalized spacial score (nSPS) is 37.0. The Kier molecular flexibility index (Phi) is 7.12. The van der Waals surface area contributed by atoms with Crippen molar-refractivity contribution in [2.75, 3.05) is 6.54 Å². The van der Waals surface area contributed by atoms with E-state index in [4.69, 9.17) is 0 Å². The average Bonchev–Trinajstić information content (AvgIpc) is 2.54. The number of alkyl halides is 4. The van der Waals surface area contributed by atoms with E-state index in [0.29, 0.717) is 0 Å². The standard InChI is InChI=1S/C17H27F4NO6/c1-5-15(14(25)26)9(7-8(3)4)10(11(23)24)16(27,12(18)19)22(6-2)17(15,28)13(20)21/h8-10,12-13,27-28H,5-7H2,1-4H3,(H,23,24)(H,25,26). The largest absolute Gasteiger partial charge is 0.481 e. The Morgan fingerprint density at radius 3 is 1.79 bits per heavy atom. The quantitative estimate of drug-likeness (QED) is 0.447. The van der Waals surface area contributed by atoms with Crippen LogP contribution in [0, 0.1) is 23.2 Å². The van der Waals surface area contributed by atoms with E-state index in [1.54, 1.807) is 0 Å². The second-order valence-corrected chi connectivity index (χ2v) is 7.54. The van der Waals surface area contributed by atoms with Gasteiger partial charge in [-0.25, -0.2) is 22.5 Å². The number of hydrogen-bond donors (Lipinski definition) is 4. The van der Waals surface area contributed by atoms with Crippen LogP contribution in [-0.2, 0) is 9.59 Å². The van der Waals surface area contributed by atoms with Gasteiger partial charge >= 0.3 is 11.9 Å². The number of aliphatic hydroxyl groups is 2. The maximum atomic E-state index is 14.2. The molecule has 0 aliphatic carbocycles. The minimum atomic E-state index is -3.88. The zero-order chi connectivity index (χ0) is 22.2. The Balaban J connectivity index is 4.11. The van der Waals surface area contributed by atoms with Crippen molar-refractivity contribution >= 4 is 11.9 Å². The highest BCUT2D eigenvalue weighted by Crippen LogP contribution is 2.60. The van der Waals surface area contributed by atoms with Gasteiger partial charge < -0.3 is 20.4 Å². The van der Waals surface area contributed by atoms with Crippen LogP contribution in [0.15, 0.2) is 0 Å². The summed E-state index contributed by atoms with van der Waals surface area (Å²) in [4.78, 5) is 24.1. The van der Waals surface area contributed by atoms with E-state index in [-0.39, 0.29) is 4.90 Å². The summed E-state index contributed by atoms with van der Waals surface area (Å²) < 4.78 is 56.3. The van der Waals surface area contributed by atoms with Crippen LogP contribution in [0.5, 0.6) is 0 Å². The molecule has 0 amide bonds. The molecule has 0 saturated carbocycles. The van der Waals surface area contributed by atoms with E-state index in [2.05, 4.69) is 0 Å². The van der Waals surface area contributed by atoms with Crippen molar-refractivity contribution in [3.05, 3.63) is 0 Å². The molecule has 0 aromatic rings. The maximum absolute atomic E-state index is 14.2. The number of likely N-dealkylation sites (tertiary alicyclic amines) is 1. The number of hydrogen-bond acceptors (Lipinski definition) is 5. The van der Waals surface area contributed by atoms with Crippen molar-refractivity contribution < 1.29 is 47.6 Å². The molecule has 7 nitrogen and oxygen atoms in total. The second kappa shape index (κ2) is 8.11. The molecule has 5 atom stereocenters. The first kappa shape index (κ1) is 24.6. The van der Waals surface area contributed by atoms with Crippen LogP contribution in [0.3, 0.4) is 0 Å². The number of carboxylic acid groups (broad SMARTS) is 2. The predicted molar refractivity (Wildman–Crippen MR) is 88.7 cm³/mol. The molecule has 4 N–H and O–H groups in total. The van der Waals surface area contributed by atoms with Crippen molar-refractivity contribution in [3.63, 3.8) is 0 Å². The zero-order valence-electron chi connectivity index (χ0n) is 16.1. The minimum absolute atomic E-state index is 0.150. The summed E-state index contributed by atoms with van der Waals surface area (Å²) >= 11 is 0. The van der Waals surface area contributed by atoms with Crippen LogP contribution in [-0.4, -0.2) is 68.1 Å². The molecule has 28 heavy (non-hydrogen) atoms. The number of aliphatic carboxylic acids is 2. The molecule has 5 unspecified atom stereocenters. The molecular formula is C17H27F4NO6. The maximum Gasteiger partial charge on any atom is 0.314 e. The fourth-order valence-corrected chi connectivity index (χ4v) is 4.78. The van der Waals surface area contributed by atoms with Crippen molar-refractivity contribution in [3.8, 4) is 0 Å². The van der Waals surface area contributed by atoms with Gasteiger partial charge in [0.15, 0.2) is 11.4 Å². The summed E-state index contributed by atoms with van der Waals surface area (Å²) in [5.74, 6) is -8.71. The molecule has 0 aromatic carbocycles. The van der Waals surface area contributed by atoms with Gasteiger partial charge in [0.1, 0.15) is 11.3 Å². The fraction of sp³-hybridized carbons (Fsp3) is 0.882. The molecule has 164 valence electrons. The molecule has 0 spiro atoms. The van der Waals surface area contributed by atoms with Crippen molar-refractivity contribution in [1.82, 2.24) is 4.90 Å². The van der Waals surface area contributed by atoms with E-state index in [1.165, 1.54) is 13.8 Å². The van der Waals surface area contributed by atoms with Crippen LogP contribution in [0.1, 0.15) is 40.5 Å². The smallest absolute Gasteiger partial charge is 0.314 e. The Bertz CT molecular complexity index is 606. The Morgan fingerprint density at radius 2 is 1.54 bits per heavy atom. The summed E-state index contributed by atoms with van der Waals surface area (Å²) in [6.45, 7) is 4.42. The molecule has 0 bridgehead atoms. The molecule has 1 heterocycles. The SMILES string of the molecule is CCN1C(O)(C(F)F)C(C(=O)O)C(CC(C)C)C(CC)(C(=O)O)C1(O)C(F)F. The summed E-state index contributed by atoms with van der Waals surface area (Å²) in [5, 5.41) is 41.2. The van der Waals surface area contributed by atoms with Crippen molar-refractivity contribution in [1.29, 1.82) is 0 Å². The van der Waals surface area contributed by atoms with Crippen LogP contribution >= 0.6 is 0 Å². The number of rotatable bonds is 8. The molecule has 1 fully saturated rings. The van der Waals surface area contributed by atoms with E-state index >= 15 is 0 Å². The van der Waals surface area contributed by atoms with E-state index in [0.717, 1.165) is 13.8 Å². The van der Waals surface area contributed by atoms with Crippen LogP contribution < -0.4 is 0 Å². The predicted octanol–water partition coefficient (Wildman–Crippen LogP) is 2.07. The average molecular weight is 417 g/mol. The van der Waals surface area contributed by atoms with Crippen molar-refractivity contribution in [2.45, 2.75) is 64.8 Å². The molecular weight excluding hydrogens is 390 g/mol. The van der Waals surface area contributed by atoms with E-state index < -0.39 is 78.8 Å². The molecule has 1 rings (SSSR count). The first-order valence-corrected chi connectivity index (χ1v) is 8.95. The lowest BCUT2D eigenvalue weighted by Crippen LogP contribution is -2.83. The van der Waals surface area contributed by atoms with E-state index in [1.807, 2.05) is 0 Å². The van der Waals surface area contributed by atoms with E-state index in [9.17, 15) is 47.6 Å². The van der Waals surface area contributed by atoms with Gasteiger partial charge in [-0.1, -0.05) is 27.7 Å². The number of halogens is 4. The van der Waals surface area contributed by atoms with Crippen LogP contribution in [0.4, 0.5) is 17.6 Å². The Hall–Kier alpha value is -1.46. The minimum Gasteiger partial charge on any atom is -0.481 e. The highest BCUT2D eigenvalue weighted by molar-refractivity contribution is 5.81. The second-order valence-electron chi connectivity index (χ2n) is 7.54. The third kappa shape index (κ3) is 3.07. The summed E-state index contributed by atoms with van der Waals surface area (Å²) in [6.07, 6.45) is -8.80. The van der Waals surface area contributed by atoms with Gasteiger partial charge in [0.2, 0.25) is 0 Å². The number of piperidine rings is 1. The van der Waals surface area contributed by atoms with Gasteiger partial charge in [0.25, 0.3) is 12.9 Å². The lowest BCUT2D eigenvalue weighted by molar-refractivity contribution is -0.391.